The largest absolute Gasteiger partial charge is 0.382 e. The lowest BCUT2D eigenvalue weighted by Gasteiger charge is -2.25. The topological polar surface area (TPSA) is 41.9 Å². The van der Waals surface area contributed by atoms with Crippen LogP contribution in [0.25, 0.3) is 0 Å². The molecule has 5 heteroatoms. The maximum absolute atomic E-state index is 13.3. The van der Waals surface area contributed by atoms with Gasteiger partial charge in [-0.1, -0.05) is 78.0 Å². The molecule has 146 valence electrons. The van der Waals surface area contributed by atoms with Gasteiger partial charge in [-0.2, -0.15) is 0 Å². The molecule has 1 atom stereocenters. The number of amides is 1. The van der Waals surface area contributed by atoms with Crippen molar-refractivity contribution < 1.29 is 14.0 Å². The second kappa shape index (κ2) is 8.69. The molecule has 0 saturated carbocycles. The van der Waals surface area contributed by atoms with Crippen molar-refractivity contribution in [1.29, 1.82) is 0 Å². The molecular weight excluding hydrogens is 367 g/mol. The van der Waals surface area contributed by atoms with Gasteiger partial charge in [-0.25, -0.2) is 4.39 Å². The second-order valence-electron chi connectivity index (χ2n) is 7.01. The van der Waals surface area contributed by atoms with Crippen LogP contribution in [0.4, 0.5) is 4.39 Å². The second-order valence-corrected chi connectivity index (χ2v) is 7.01. The lowest BCUT2D eigenvalue weighted by Crippen LogP contribution is -2.38. The van der Waals surface area contributed by atoms with Gasteiger partial charge in [0.05, 0.1) is 5.71 Å². The molecule has 1 amide bonds. The molecule has 0 saturated heterocycles. The van der Waals surface area contributed by atoms with Crippen LogP contribution in [0, 0.1) is 5.82 Å². The summed E-state index contributed by atoms with van der Waals surface area (Å²) in [7, 11) is 0. The number of benzene rings is 3. The van der Waals surface area contributed by atoms with Crippen LogP contribution in [0.2, 0.25) is 0 Å². The lowest BCUT2D eigenvalue weighted by molar-refractivity contribution is -0.143. The Morgan fingerprint density at radius 3 is 2.00 bits per heavy atom. The highest BCUT2D eigenvalue weighted by Crippen LogP contribution is 2.21. The average Bonchev–Trinajstić information content (AvgIpc) is 3.25. The van der Waals surface area contributed by atoms with Crippen LogP contribution in [0.5, 0.6) is 0 Å². The van der Waals surface area contributed by atoms with Gasteiger partial charge in [0.1, 0.15) is 5.82 Å². The summed E-state index contributed by atoms with van der Waals surface area (Å²) in [6.45, 7) is 0.973. The van der Waals surface area contributed by atoms with Gasteiger partial charge in [0.25, 0.3) is 5.91 Å². The predicted octanol–water partition coefficient (Wildman–Crippen LogP) is 4.55. The van der Waals surface area contributed by atoms with E-state index < -0.39 is 6.10 Å². The van der Waals surface area contributed by atoms with E-state index in [-0.39, 0.29) is 11.7 Å². The normalized spacial score (nSPS) is 15.5. The van der Waals surface area contributed by atoms with Crippen molar-refractivity contribution in [2.24, 2.45) is 5.16 Å². The summed E-state index contributed by atoms with van der Waals surface area (Å²) >= 11 is 0. The summed E-state index contributed by atoms with van der Waals surface area (Å²) in [5.74, 6) is -0.420. The fourth-order valence-electron chi connectivity index (χ4n) is 3.35. The Balaban J connectivity index is 1.49. The summed E-state index contributed by atoms with van der Waals surface area (Å²) < 4.78 is 13.2. The first-order valence-corrected chi connectivity index (χ1v) is 9.54. The molecule has 0 spiro atoms. The van der Waals surface area contributed by atoms with Crippen molar-refractivity contribution in [2.45, 2.75) is 25.6 Å². The van der Waals surface area contributed by atoms with Crippen molar-refractivity contribution in [3.63, 3.8) is 0 Å². The Bertz CT molecular complexity index is 947. The molecule has 0 bridgehead atoms. The SMILES string of the molecule is O=C([C@H]1CC(c2ccc(F)cc2)=NO1)N(Cc1ccccc1)Cc1ccccc1. The van der Waals surface area contributed by atoms with Crippen LogP contribution in [-0.2, 0) is 22.7 Å². The molecule has 3 aromatic rings. The van der Waals surface area contributed by atoms with Crippen molar-refractivity contribution >= 4 is 11.6 Å². The van der Waals surface area contributed by atoms with E-state index in [1.54, 1.807) is 17.0 Å². The van der Waals surface area contributed by atoms with Crippen LogP contribution in [0.15, 0.2) is 90.1 Å². The monoisotopic (exact) mass is 388 g/mol. The number of halogens is 1. The van der Waals surface area contributed by atoms with Crippen molar-refractivity contribution in [1.82, 2.24) is 4.90 Å². The molecule has 0 N–H and O–H groups in total. The first kappa shape index (κ1) is 18.9. The fraction of sp³-hybridized carbons (Fsp3) is 0.167. The zero-order chi connectivity index (χ0) is 20.1. The average molecular weight is 388 g/mol. The summed E-state index contributed by atoms with van der Waals surface area (Å²) in [6.07, 6.45) is -0.313. The van der Waals surface area contributed by atoms with Crippen molar-refractivity contribution in [3.05, 3.63) is 107 Å². The zero-order valence-corrected chi connectivity index (χ0v) is 15.9. The van der Waals surface area contributed by atoms with Gasteiger partial charge >= 0.3 is 0 Å². The number of oxime groups is 1. The van der Waals surface area contributed by atoms with Crippen LogP contribution in [0.1, 0.15) is 23.1 Å². The molecule has 1 aliphatic rings. The molecule has 0 aliphatic carbocycles. The van der Waals surface area contributed by atoms with Crippen molar-refractivity contribution in [3.8, 4) is 0 Å². The quantitative estimate of drug-likeness (QED) is 0.622. The lowest BCUT2D eigenvalue weighted by atomic mass is 10.0. The van der Waals surface area contributed by atoms with Gasteiger partial charge in [-0.3, -0.25) is 4.79 Å². The summed E-state index contributed by atoms with van der Waals surface area (Å²) in [5, 5.41) is 4.08. The summed E-state index contributed by atoms with van der Waals surface area (Å²) in [5.41, 5.74) is 3.52. The Labute approximate surface area is 169 Å². The number of carbonyl (C=O) groups is 1. The first-order chi connectivity index (χ1) is 14.2. The summed E-state index contributed by atoms with van der Waals surface area (Å²) in [6, 6.07) is 25.8. The molecular formula is C24H21FN2O2. The first-order valence-electron chi connectivity index (χ1n) is 9.54. The smallest absolute Gasteiger partial charge is 0.267 e. The molecule has 1 heterocycles. The van der Waals surface area contributed by atoms with Gasteiger partial charge in [0, 0.05) is 19.5 Å². The molecule has 0 aromatic heterocycles. The van der Waals surface area contributed by atoms with Crippen LogP contribution in [-0.4, -0.2) is 22.6 Å². The Kier molecular flexibility index (Phi) is 5.66. The summed E-state index contributed by atoms with van der Waals surface area (Å²) in [4.78, 5) is 20.5. The number of carbonyl (C=O) groups excluding carboxylic acids is 1. The van der Waals surface area contributed by atoms with Crippen LogP contribution >= 0.6 is 0 Å². The van der Waals surface area contributed by atoms with E-state index in [0.29, 0.717) is 25.2 Å². The van der Waals surface area contributed by atoms with E-state index in [9.17, 15) is 9.18 Å². The van der Waals surface area contributed by atoms with E-state index in [0.717, 1.165) is 16.7 Å². The highest BCUT2D eigenvalue weighted by molar-refractivity contribution is 6.04. The molecule has 29 heavy (non-hydrogen) atoms. The van der Waals surface area contributed by atoms with Gasteiger partial charge in [0.2, 0.25) is 6.10 Å². The minimum atomic E-state index is -0.678. The standard InChI is InChI=1S/C24H21FN2O2/c25-21-13-11-20(12-14-21)22-15-23(29-26-22)24(28)27(16-18-7-3-1-4-8-18)17-19-9-5-2-6-10-19/h1-14,23H,15-17H2/t23-/m1/s1. The number of hydrogen-bond acceptors (Lipinski definition) is 3. The predicted molar refractivity (Wildman–Crippen MR) is 110 cm³/mol. The number of nitrogens with zero attached hydrogens (tertiary/aromatic N) is 2. The molecule has 3 aromatic carbocycles. The zero-order valence-electron chi connectivity index (χ0n) is 15.9. The molecule has 4 nitrogen and oxygen atoms in total. The number of hydrogen-bond donors (Lipinski definition) is 0. The van der Waals surface area contributed by atoms with Crippen molar-refractivity contribution in [2.75, 3.05) is 0 Å². The Morgan fingerprint density at radius 2 is 1.45 bits per heavy atom. The fourth-order valence-corrected chi connectivity index (χ4v) is 3.35. The van der Waals surface area contributed by atoms with Gasteiger partial charge in [-0.05, 0) is 28.8 Å². The van der Waals surface area contributed by atoms with Crippen LogP contribution < -0.4 is 0 Å². The molecule has 0 unspecified atom stereocenters. The molecule has 0 radical (unpaired) electrons. The van der Waals surface area contributed by atoms with E-state index in [1.165, 1.54) is 12.1 Å². The van der Waals surface area contributed by atoms with E-state index in [2.05, 4.69) is 5.16 Å². The highest BCUT2D eigenvalue weighted by Gasteiger charge is 2.32. The van der Waals surface area contributed by atoms with E-state index >= 15 is 0 Å². The van der Waals surface area contributed by atoms with E-state index in [1.807, 2.05) is 60.7 Å². The maximum atomic E-state index is 13.3. The Hall–Kier alpha value is -3.47. The molecule has 0 fully saturated rings. The van der Waals surface area contributed by atoms with E-state index in [4.69, 9.17) is 4.84 Å². The Morgan fingerprint density at radius 1 is 0.897 bits per heavy atom. The minimum Gasteiger partial charge on any atom is -0.382 e. The van der Waals surface area contributed by atoms with Crippen LogP contribution in [0.3, 0.4) is 0 Å². The highest BCUT2D eigenvalue weighted by atomic mass is 19.1. The maximum Gasteiger partial charge on any atom is 0.267 e. The molecule has 4 rings (SSSR count). The van der Waals surface area contributed by atoms with Gasteiger partial charge in [-0.15, -0.1) is 0 Å². The van der Waals surface area contributed by atoms with Gasteiger partial charge in [0.15, 0.2) is 0 Å². The number of rotatable bonds is 6. The van der Waals surface area contributed by atoms with Gasteiger partial charge < -0.3 is 9.74 Å². The third kappa shape index (κ3) is 4.69. The minimum absolute atomic E-state index is 0.112. The third-order valence-electron chi connectivity index (χ3n) is 4.87. The molecule has 1 aliphatic heterocycles. The third-order valence-corrected chi connectivity index (χ3v) is 4.87.